The van der Waals surface area contributed by atoms with Crippen molar-refractivity contribution in [2.75, 3.05) is 17.7 Å². The second-order valence-corrected chi connectivity index (χ2v) is 4.37. The summed E-state index contributed by atoms with van der Waals surface area (Å²) in [6.45, 7) is 1.93. The van der Waals surface area contributed by atoms with Gasteiger partial charge in [0, 0.05) is 18.1 Å². The summed E-state index contributed by atoms with van der Waals surface area (Å²) in [5.74, 6) is -0.405. The Balaban J connectivity index is 2.33. The Morgan fingerprint density at radius 2 is 2.19 bits per heavy atom. The van der Waals surface area contributed by atoms with Gasteiger partial charge in [0.25, 0.3) is 0 Å². The van der Waals surface area contributed by atoms with Crippen LogP contribution in [0, 0.1) is 12.7 Å². The number of rotatable bonds is 2. The average Bonchev–Trinajstić information content (AvgIpc) is 2.68. The van der Waals surface area contributed by atoms with Gasteiger partial charge in [0.15, 0.2) is 5.13 Å². The molecule has 2 rings (SSSR count). The van der Waals surface area contributed by atoms with Crippen molar-refractivity contribution in [3.8, 4) is 0 Å². The molecule has 1 aromatic heterocycles. The lowest BCUT2D eigenvalue weighted by atomic mass is 10.2. The maximum Gasteiger partial charge on any atom is 0.189 e. The first-order chi connectivity index (χ1) is 7.58. The molecular formula is C11H12FN3S. The highest BCUT2D eigenvalue weighted by molar-refractivity contribution is 7.13. The van der Waals surface area contributed by atoms with Crippen molar-refractivity contribution in [1.29, 1.82) is 0 Å². The van der Waals surface area contributed by atoms with E-state index in [4.69, 9.17) is 5.73 Å². The summed E-state index contributed by atoms with van der Waals surface area (Å²) >= 11 is 1.52. The monoisotopic (exact) mass is 237 g/mol. The molecule has 2 aromatic rings. The molecule has 0 radical (unpaired) electrons. The van der Waals surface area contributed by atoms with Crippen LogP contribution in [-0.4, -0.2) is 12.0 Å². The van der Waals surface area contributed by atoms with Gasteiger partial charge in [0.1, 0.15) is 5.82 Å². The smallest absolute Gasteiger partial charge is 0.189 e. The molecule has 0 spiro atoms. The third-order valence-corrected chi connectivity index (χ3v) is 3.30. The van der Waals surface area contributed by atoms with Gasteiger partial charge in [-0.2, -0.15) is 0 Å². The van der Waals surface area contributed by atoms with E-state index in [1.165, 1.54) is 17.4 Å². The van der Waals surface area contributed by atoms with E-state index < -0.39 is 5.82 Å². The van der Waals surface area contributed by atoms with E-state index in [0.717, 1.165) is 16.5 Å². The van der Waals surface area contributed by atoms with Gasteiger partial charge in [-0.15, -0.1) is 11.3 Å². The number of halogens is 1. The number of thiazole rings is 1. The molecule has 0 aliphatic carbocycles. The van der Waals surface area contributed by atoms with Crippen LogP contribution in [0.15, 0.2) is 23.6 Å². The van der Waals surface area contributed by atoms with Crippen LogP contribution >= 0.6 is 11.3 Å². The molecule has 0 amide bonds. The lowest BCUT2D eigenvalue weighted by Gasteiger charge is -2.16. The second-order valence-electron chi connectivity index (χ2n) is 3.54. The minimum atomic E-state index is -0.405. The molecule has 0 bridgehead atoms. The van der Waals surface area contributed by atoms with Gasteiger partial charge in [0.05, 0.1) is 11.4 Å². The van der Waals surface area contributed by atoms with Crippen LogP contribution in [0.25, 0.3) is 0 Å². The van der Waals surface area contributed by atoms with Gasteiger partial charge < -0.3 is 10.6 Å². The molecule has 1 heterocycles. The number of hydrogen-bond donors (Lipinski definition) is 1. The Morgan fingerprint density at radius 1 is 1.44 bits per heavy atom. The van der Waals surface area contributed by atoms with Gasteiger partial charge in [-0.25, -0.2) is 9.37 Å². The molecule has 5 heteroatoms. The van der Waals surface area contributed by atoms with Gasteiger partial charge in [0.2, 0.25) is 0 Å². The Morgan fingerprint density at radius 3 is 2.75 bits per heavy atom. The van der Waals surface area contributed by atoms with Gasteiger partial charge in [-0.1, -0.05) is 0 Å². The number of hydrogen-bond acceptors (Lipinski definition) is 4. The van der Waals surface area contributed by atoms with Crippen LogP contribution in [0.1, 0.15) is 5.69 Å². The third kappa shape index (κ3) is 1.99. The number of anilines is 3. The Kier molecular flexibility index (Phi) is 2.78. The predicted molar refractivity (Wildman–Crippen MR) is 65.7 cm³/mol. The van der Waals surface area contributed by atoms with Crippen molar-refractivity contribution in [2.45, 2.75) is 6.92 Å². The highest BCUT2D eigenvalue weighted by atomic mass is 32.1. The van der Waals surface area contributed by atoms with E-state index in [9.17, 15) is 4.39 Å². The molecular weight excluding hydrogens is 225 g/mol. The molecule has 1 aromatic carbocycles. The third-order valence-electron chi connectivity index (χ3n) is 2.27. The Bertz CT molecular complexity index is 510. The van der Waals surface area contributed by atoms with Crippen LogP contribution in [-0.2, 0) is 0 Å². The number of nitrogens with two attached hydrogens (primary N) is 1. The van der Waals surface area contributed by atoms with Crippen molar-refractivity contribution in [1.82, 2.24) is 4.98 Å². The van der Waals surface area contributed by atoms with Crippen LogP contribution < -0.4 is 10.6 Å². The molecule has 0 aliphatic heterocycles. The lowest BCUT2D eigenvalue weighted by Crippen LogP contribution is -2.09. The maximum atomic E-state index is 13.3. The summed E-state index contributed by atoms with van der Waals surface area (Å²) in [6, 6.07) is 4.74. The average molecular weight is 237 g/mol. The first-order valence-corrected chi connectivity index (χ1v) is 5.67. The summed E-state index contributed by atoms with van der Waals surface area (Å²) in [5.41, 5.74) is 7.28. The minimum Gasteiger partial charge on any atom is -0.396 e. The van der Waals surface area contributed by atoms with E-state index in [0.29, 0.717) is 0 Å². The number of nitrogen functional groups attached to an aromatic ring is 1. The summed E-state index contributed by atoms with van der Waals surface area (Å²) in [5, 5.41) is 2.79. The fraction of sp³-hybridized carbons (Fsp3) is 0.182. The van der Waals surface area contributed by atoms with E-state index >= 15 is 0 Å². The first-order valence-electron chi connectivity index (χ1n) is 4.79. The zero-order chi connectivity index (χ0) is 11.7. The van der Waals surface area contributed by atoms with Crippen molar-refractivity contribution in [3.63, 3.8) is 0 Å². The zero-order valence-corrected chi connectivity index (χ0v) is 9.88. The van der Waals surface area contributed by atoms with Gasteiger partial charge in [-0.05, 0) is 25.1 Å². The van der Waals surface area contributed by atoms with Gasteiger partial charge in [-0.3, -0.25) is 0 Å². The predicted octanol–water partition coefficient (Wildman–Crippen LogP) is 2.94. The van der Waals surface area contributed by atoms with Crippen molar-refractivity contribution in [3.05, 3.63) is 35.1 Å². The molecule has 16 heavy (non-hydrogen) atoms. The van der Waals surface area contributed by atoms with Crippen molar-refractivity contribution < 1.29 is 4.39 Å². The van der Waals surface area contributed by atoms with Crippen LogP contribution in [0.5, 0.6) is 0 Å². The molecule has 0 saturated heterocycles. The summed E-state index contributed by atoms with van der Waals surface area (Å²) < 4.78 is 13.3. The summed E-state index contributed by atoms with van der Waals surface area (Å²) in [4.78, 5) is 6.16. The van der Waals surface area contributed by atoms with Crippen LogP contribution in [0.4, 0.5) is 20.9 Å². The van der Waals surface area contributed by atoms with Gasteiger partial charge >= 0.3 is 0 Å². The number of aromatic nitrogens is 1. The quantitative estimate of drug-likeness (QED) is 0.816. The molecule has 0 fully saturated rings. The maximum absolute atomic E-state index is 13.3. The SMILES string of the molecule is Cc1csc(N(C)c2ccc(N)c(F)c2)n1. The molecule has 2 N–H and O–H groups in total. The standard InChI is InChI=1S/C11H12FN3S/c1-7-6-16-11(14-7)15(2)8-3-4-10(13)9(12)5-8/h3-6H,13H2,1-2H3. The minimum absolute atomic E-state index is 0.160. The van der Waals surface area contributed by atoms with E-state index in [-0.39, 0.29) is 5.69 Å². The Hall–Kier alpha value is -1.62. The van der Waals surface area contributed by atoms with Crippen LogP contribution in [0.2, 0.25) is 0 Å². The lowest BCUT2D eigenvalue weighted by molar-refractivity contribution is 0.632. The van der Waals surface area contributed by atoms with E-state index in [1.54, 1.807) is 12.1 Å². The number of nitrogens with zero attached hydrogens (tertiary/aromatic N) is 2. The highest BCUT2D eigenvalue weighted by Gasteiger charge is 2.09. The molecule has 84 valence electrons. The Labute approximate surface area is 97.3 Å². The normalized spacial score (nSPS) is 10.4. The summed E-state index contributed by atoms with van der Waals surface area (Å²) in [6.07, 6.45) is 0. The largest absolute Gasteiger partial charge is 0.396 e. The van der Waals surface area contributed by atoms with Crippen LogP contribution in [0.3, 0.4) is 0 Å². The topological polar surface area (TPSA) is 42.1 Å². The highest BCUT2D eigenvalue weighted by Crippen LogP contribution is 2.28. The molecule has 0 atom stereocenters. The molecule has 0 aliphatic rings. The summed E-state index contributed by atoms with van der Waals surface area (Å²) in [7, 11) is 1.85. The molecule has 3 nitrogen and oxygen atoms in total. The fourth-order valence-electron chi connectivity index (χ4n) is 1.33. The van der Waals surface area contributed by atoms with Crippen molar-refractivity contribution >= 4 is 27.8 Å². The molecule has 0 unspecified atom stereocenters. The fourth-order valence-corrected chi connectivity index (χ4v) is 2.12. The molecule has 0 saturated carbocycles. The zero-order valence-electron chi connectivity index (χ0n) is 9.07. The second kappa shape index (κ2) is 4.09. The number of benzene rings is 1. The first kappa shape index (κ1) is 10.9. The van der Waals surface area contributed by atoms with E-state index in [2.05, 4.69) is 4.98 Å². The van der Waals surface area contributed by atoms with Crippen molar-refractivity contribution in [2.24, 2.45) is 0 Å². The van der Waals surface area contributed by atoms with E-state index in [1.807, 2.05) is 24.3 Å². The number of aryl methyl sites for hydroxylation is 1.